The third kappa shape index (κ3) is 19.4. The van der Waals surface area contributed by atoms with Gasteiger partial charge in [-0.05, 0) is 73.1 Å². The van der Waals surface area contributed by atoms with Crippen molar-refractivity contribution in [3.05, 3.63) is 90.0 Å². The zero-order chi connectivity index (χ0) is 67.6. The van der Waals surface area contributed by atoms with Crippen LogP contribution in [0.1, 0.15) is 110 Å². The number of nitrogens with one attached hydrogen (secondary N) is 10. The number of guanidine groups is 1. The van der Waals surface area contributed by atoms with E-state index in [2.05, 4.69) is 67.8 Å². The Morgan fingerprint density at radius 2 is 1.32 bits per heavy atom. The van der Waals surface area contributed by atoms with Crippen LogP contribution in [0.4, 0.5) is 0 Å². The van der Waals surface area contributed by atoms with Crippen molar-refractivity contribution in [2.45, 2.75) is 178 Å². The van der Waals surface area contributed by atoms with Gasteiger partial charge in [0, 0.05) is 44.1 Å². The van der Waals surface area contributed by atoms with Crippen LogP contribution >= 0.6 is 0 Å². The summed E-state index contributed by atoms with van der Waals surface area (Å²) < 4.78 is 0. The lowest BCUT2D eigenvalue weighted by molar-refractivity contribution is -0.150. The predicted molar refractivity (Wildman–Crippen MR) is 333 cm³/mol. The van der Waals surface area contributed by atoms with Gasteiger partial charge < -0.3 is 90.3 Å². The summed E-state index contributed by atoms with van der Waals surface area (Å²) in [7, 11) is 0. The van der Waals surface area contributed by atoms with Gasteiger partial charge in [-0.2, -0.15) is 0 Å². The molecule has 3 aliphatic rings. The van der Waals surface area contributed by atoms with Crippen LogP contribution in [0.2, 0.25) is 0 Å². The normalized spacial score (nSPS) is 19.6. The molecule has 2 aromatic carbocycles. The minimum Gasteiger partial charge on any atom is -0.508 e. The first-order valence-corrected chi connectivity index (χ1v) is 30.6. The first kappa shape index (κ1) is 71.4. The number of hydrogen-bond donors (Lipinski definition) is 16. The number of benzene rings is 2. The van der Waals surface area contributed by atoms with Crippen LogP contribution in [0.3, 0.4) is 0 Å². The number of carboxylic acids is 2. The number of imidazole rings is 1. The van der Waals surface area contributed by atoms with E-state index in [-0.39, 0.29) is 82.0 Å². The van der Waals surface area contributed by atoms with Gasteiger partial charge in [0.1, 0.15) is 71.8 Å². The summed E-state index contributed by atoms with van der Waals surface area (Å²) in [6.45, 7) is 10.3. The van der Waals surface area contributed by atoms with Gasteiger partial charge in [-0.3, -0.25) is 57.9 Å². The Bertz CT molecular complexity index is 3160. The number of aliphatic imine (C=N–C) groups is 2. The summed E-state index contributed by atoms with van der Waals surface area (Å²) >= 11 is 0. The molecule has 2 fully saturated rings. The maximum absolute atomic E-state index is 15.1. The molecule has 0 saturated carbocycles. The van der Waals surface area contributed by atoms with Crippen molar-refractivity contribution in [3.63, 3.8) is 0 Å². The van der Waals surface area contributed by atoms with Gasteiger partial charge in [-0.1, -0.05) is 90.4 Å². The largest absolute Gasteiger partial charge is 0.508 e. The summed E-state index contributed by atoms with van der Waals surface area (Å²) in [4.78, 5) is 170. The predicted octanol–water partition coefficient (Wildman–Crippen LogP) is -2.04. The molecule has 1 aromatic heterocycles. The number of aromatic amines is 1. The summed E-state index contributed by atoms with van der Waals surface area (Å²) in [5, 5.41) is 53.9. The lowest BCUT2D eigenvalue weighted by Gasteiger charge is -2.47. The van der Waals surface area contributed by atoms with E-state index < -0.39 is 149 Å². The van der Waals surface area contributed by atoms with E-state index in [9.17, 15) is 63.3 Å². The Morgan fingerprint density at radius 3 is 1.91 bits per heavy atom. The van der Waals surface area contributed by atoms with Crippen LogP contribution in [0.15, 0.2) is 77.1 Å². The number of carbonyl (C=O) groups excluding carboxylic acids is 9. The van der Waals surface area contributed by atoms with Crippen LogP contribution in [0.25, 0.3) is 0 Å². The minimum absolute atomic E-state index is 0.0444. The van der Waals surface area contributed by atoms with E-state index in [1.54, 1.807) is 71.9 Å². The third-order valence-corrected chi connectivity index (χ3v) is 16.3. The van der Waals surface area contributed by atoms with Crippen LogP contribution in [-0.2, 0) is 72.0 Å². The molecule has 92 heavy (non-hydrogen) atoms. The number of nitrogens with two attached hydrogens (primary N) is 3. The third-order valence-electron chi connectivity index (χ3n) is 16.3. The molecule has 499 valence electrons. The number of aromatic nitrogens is 2. The number of carbonyl (C=O) groups is 11. The number of carboxylic acid groups (broad SMARTS) is 2. The first-order valence-electron chi connectivity index (χ1n) is 30.6. The van der Waals surface area contributed by atoms with Gasteiger partial charge in [0.25, 0.3) is 0 Å². The Hall–Kier alpha value is -9.68. The number of phenolic OH excluding ortho intramolecular Hbond substituents is 1. The minimum atomic E-state index is -1.53. The Balaban J connectivity index is 1.22. The second-order valence-electron chi connectivity index (χ2n) is 24.1. The van der Waals surface area contributed by atoms with E-state index in [1.807, 2.05) is 0 Å². The molecule has 3 aromatic rings. The molecule has 4 heterocycles. The van der Waals surface area contributed by atoms with Crippen LogP contribution in [0, 0.1) is 23.8 Å². The highest BCUT2D eigenvalue weighted by Gasteiger charge is 2.62. The average molecular weight is 1280 g/mol. The quantitative estimate of drug-likeness (QED) is 0.0174. The van der Waals surface area contributed by atoms with Gasteiger partial charge in [-0.25, -0.2) is 9.78 Å². The van der Waals surface area contributed by atoms with Crippen molar-refractivity contribution in [1.82, 2.24) is 62.7 Å². The lowest BCUT2D eigenvalue weighted by atomic mass is 9.87. The molecule has 1 radical (unpaired) electrons. The smallest absolute Gasteiger partial charge is 0.326 e. The highest BCUT2D eigenvalue weighted by molar-refractivity contribution is 6.00. The molecule has 31 nitrogen and oxygen atoms in total. The molecule has 9 amide bonds. The van der Waals surface area contributed by atoms with Crippen molar-refractivity contribution in [3.8, 4) is 5.75 Å². The summed E-state index contributed by atoms with van der Waals surface area (Å²) in [5.74, 6) is -11.7. The van der Waals surface area contributed by atoms with Crippen LogP contribution < -0.4 is 65.1 Å². The van der Waals surface area contributed by atoms with Crippen molar-refractivity contribution < 1.29 is 68.1 Å². The standard InChI is InChI=1S/C61H86N17O14/c1-7-33(6)49(77-54(86)41(24-35-15-17-37(79)18-16-35)73-56(88)48(32(4)5)76-51(83)39(14-11-21-66-60(63)64)70-50(82)38(62)26-47(80)81)57(89)74-43-27-46-61(69-30-68-46)20-19-45(78(61)58(43)90)55(87)72-40(23-34-12-9-8-10-13-34)52(84)71-42(25-36-28-65-29-67-36)53(85)75-44(59(91)92)22-31(2)3/h8-10,12-13,15-18,28-33,38-45,48-49,79H,7,11,14,19-27,62H2,1-6H3,(H,65,67)(H,68,69)(H,70,82)(H,71,84)(H,72,87)(H,73,88)(H,74,89)(H,75,85)(H,76,83)(H,77,86)(H,80,81)(H,91,92)(H4,63,64,66)/t33-,38-,39?,40?,41?,42?,43?,44?,45-,48?,49?,61?/m0/s1. The molecule has 0 aliphatic carbocycles. The van der Waals surface area contributed by atoms with Gasteiger partial charge in [0.2, 0.25) is 53.2 Å². The fraction of sp³-hybridized carbons (Fsp3) is 0.525. The number of piperidine rings is 1. The molecule has 9 unspecified atom stereocenters. The number of aromatic hydroxyl groups is 1. The number of phenols is 1. The van der Waals surface area contributed by atoms with Crippen molar-refractivity contribution in [2.75, 3.05) is 6.54 Å². The van der Waals surface area contributed by atoms with Crippen molar-refractivity contribution in [1.29, 1.82) is 0 Å². The van der Waals surface area contributed by atoms with E-state index in [0.717, 1.165) is 0 Å². The zero-order valence-electron chi connectivity index (χ0n) is 52.3. The zero-order valence-corrected chi connectivity index (χ0v) is 52.3. The second kappa shape index (κ2) is 32.9. The average Bonchev–Trinajstić information content (AvgIpc) is 1.55. The van der Waals surface area contributed by atoms with E-state index in [4.69, 9.17) is 17.2 Å². The van der Waals surface area contributed by atoms with Gasteiger partial charge in [0.05, 0.1) is 25.1 Å². The maximum atomic E-state index is 15.1. The lowest BCUT2D eigenvalue weighted by Crippen LogP contribution is -2.70. The highest BCUT2D eigenvalue weighted by Crippen LogP contribution is 2.47. The molecule has 2 saturated heterocycles. The molecular formula is C61H86N17O14. The molecule has 12 atom stereocenters. The Kier molecular flexibility index (Phi) is 25.5. The van der Waals surface area contributed by atoms with Gasteiger partial charge >= 0.3 is 11.9 Å². The Morgan fingerprint density at radius 1 is 0.728 bits per heavy atom. The van der Waals surface area contributed by atoms with Gasteiger partial charge in [0.15, 0.2) is 5.96 Å². The molecule has 0 bridgehead atoms. The Labute approximate surface area is 531 Å². The van der Waals surface area contributed by atoms with E-state index >= 15 is 4.79 Å². The van der Waals surface area contributed by atoms with E-state index in [0.29, 0.717) is 29.3 Å². The topological polar surface area (TPSA) is 491 Å². The number of rotatable bonds is 34. The van der Waals surface area contributed by atoms with Crippen LogP contribution in [0.5, 0.6) is 5.75 Å². The number of amides is 9. The molecule has 3 aliphatic heterocycles. The summed E-state index contributed by atoms with van der Waals surface area (Å²) in [5.41, 5.74) is 16.9. The monoisotopic (exact) mass is 1280 g/mol. The van der Waals surface area contributed by atoms with Crippen molar-refractivity contribution >= 4 is 77.4 Å². The molecule has 1 spiro atoms. The number of nitrogens with zero attached hydrogens (tertiary/aromatic N) is 4. The molecule has 6 rings (SSSR count). The van der Waals surface area contributed by atoms with Crippen molar-refractivity contribution in [2.24, 2.45) is 44.9 Å². The first-order chi connectivity index (χ1) is 43.6. The summed E-state index contributed by atoms with van der Waals surface area (Å²) in [6.07, 6.45) is 3.68. The fourth-order valence-electron chi connectivity index (χ4n) is 11.1. The summed E-state index contributed by atoms with van der Waals surface area (Å²) in [6, 6.07) is 1.20. The second-order valence-corrected chi connectivity index (χ2v) is 24.1. The molecule has 31 heteroatoms. The van der Waals surface area contributed by atoms with E-state index in [1.165, 1.54) is 48.0 Å². The molecule has 19 N–H and O–H groups in total. The highest BCUT2D eigenvalue weighted by atomic mass is 16.4. The maximum Gasteiger partial charge on any atom is 0.326 e. The van der Waals surface area contributed by atoms with Gasteiger partial charge in [-0.15, -0.1) is 0 Å². The SMILES string of the molecule is CC[C@H](C)C(NC(=O)C(Cc1ccc(O)cc1)NC(=O)C(NC(=O)C(CCCN=C(N)N)NC(=O)[C@@H](N)CC(=O)O)C(C)C)C(=O)NC1C[C]2N=CNC23CC[C@@H](C(=O)NC(Cc2ccccc2)C(=O)NC(Cc2cnc[nH]2)C(=O)NC(CC(C)C)C(=O)O)N3C1=O. The molecular weight excluding hydrogens is 1190 g/mol. The fourth-order valence-corrected chi connectivity index (χ4v) is 11.1. The number of aliphatic carboxylic acids is 2. The van der Waals surface area contributed by atoms with Crippen LogP contribution in [-0.4, -0.2) is 180 Å². The number of hydrogen-bond acceptors (Lipinski definition) is 17. The number of H-pyrrole nitrogens is 1.